The van der Waals surface area contributed by atoms with Crippen LogP contribution >= 0.6 is 11.6 Å². The van der Waals surface area contributed by atoms with E-state index in [1.807, 2.05) is 13.8 Å². The van der Waals surface area contributed by atoms with Crippen LogP contribution in [0.15, 0.2) is 48.5 Å². The lowest BCUT2D eigenvalue weighted by atomic mass is 10.0. The topological polar surface area (TPSA) is 79.2 Å². The molecule has 6 heteroatoms. The Hall–Kier alpha value is -2.84. The summed E-state index contributed by atoms with van der Waals surface area (Å²) in [5.74, 6) is -0.718. The molecule has 0 aromatic heterocycles. The van der Waals surface area contributed by atoms with Crippen molar-refractivity contribution in [1.29, 1.82) is 5.26 Å². The van der Waals surface area contributed by atoms with Gasteiger partial charge in [-0.3, -0.25) is 4.79 Å². The molecule has 0 aliphatic rings. The lowest BCUT2D eigenvalue weighted by Gasteiger charge is -2.19. The fourth-order valence-electron chi connectivity index (χ4n) is 2.53. The lowest BCUT2D eigenvalue weighted by molar-refractivity contribution is -0.147. The monoisotopic (exact) mass is 384 g/mol. The molecule has 0 aliphatic carbocycles. The van der Waals surface area contributed by atoms with E-state index in [-0.39, 0.29) is 18.4 Å². The summed E-state index contributed by atoms with van der Waals surface area (Å²) in [4.78, 5) is 25.0. The van der Waals surface area contributed by atoms with E-state index < -0.39 is 12.0 Å². The summed E-state index contributed by atoms with van der Waals surface area (Å²) in [7, 11) is 0. The number of nitrogens with one attached hydrogen (secondary N) is 1. The fraction of sp³-hybridized carbons (Fsp3) is 0.286. The number of halogens is 1. The Bertz CT molecular complexity index is 841. The zero-order valence-corrected chi connectivity index (χ0v) is 16.0. The Balaban J connectivity index is 2.06. The van der Waals surface area contributed by atoms with Gasteiger partial charge in [-0.2, -0.15) is 5.26 Å². The number of hydrogen-bond donors (Lipinski definition) is 1. The summed E-state index contributed by atoms with van der Waals surface area (Å²) in [6.45, 7) is 3.90. The molecule has 0 aliphatic heterocycles. The Labute approximate surface area is 163 Å². The third-order valence-electron chi connectivity index (χ3n) is 3.91. The highest BCUT2D eigenvalue weighted by molar-refractivity contribution is 6.30. The Morgan fingerprint density at radius 1 is 1.15 bits per heavy atom. The number of nitrogens with zero attached hydrogens (tertiary/aromatic N) is 1. The second kappa shape index (κ2) is 9.75. The molecular weight excluding hydrogens is 364 g/mol. The number of benzene rings is 2. The van der Waals surface area contributed by atoms with Gasteiger partial charge in [0.1, 0.15) is 12.6 Å². The summed E-state index contributed by atoms with van der Waals surface area (Å²) < 4.78 is 5.36. The van der Waals surface area contributed by atoms with Crippen LogP contribution < -0.4 is 5.32 Å². The van der Waals surface area contributed by atoms with E-state index in [9.17, 15) is 9.59 Å². The Kier molecular flexibility index (Phi) is 7.39. The highest BCUT2D eigenvalue weighted by Crippen LogP contribution is 2.13. The van der Waals surface area contributed by atoms with Crippen LogP contribution in [0.1, 0.15) is 41.8 Å². The molecule has 2 aromatic rings. The summed E-state index contributed by atoms with van der Waals surface area (Å²) in [6.07, 6.45) is 0.443. The predicted molar refractivity (Wildman–Crippen MR) is 103 cm³/mol. The number of carbonyl (C=O) groups is 2. The summed E-state index contributed by atoms with van der Waals surface area (Å²) in [5, 5.41) is 12.4. The molecule has 1 N–H and O–H groups in total. The standard InChI is InChI=1S/C21H21ClN2O3/c1-14(2)11-19(24-20(25)15-7-9-18(22)10-8-15)21(26)27-13-17-6-4-3-5-16(17)12-23/h3-10,14,19H,11,13H2,1-2H3,(H,24,25)/t19-/m1/s1. The van der Waals surface area contributed by atoms with Crippen molar-refractivity contribution in [1.82, 2.24) is 5.32 Å². The Morgan fingerprint density at radius 3 is 2.44 bits per heavy atom. The van der Waals surface area contributed by atoms with Crippen molar-refractivity contribution < 1.29 is 14.3 Å². The molecule has 5 nitrogen and oxygen atoms in total. The van der Waals surface area contributed by atoms with Gasteiger partial charge in [0.15, 0.2) is 0 Å². The minimum atomic E-state index is -0.776. The van der Waals surface area contributed by atoms with Crippen LogP contribution in [0.25, 0.3) is 0 Å². The highest BCUT2D eigenvalue weighted by Gasteiger charge is 2.24. The van der Waals surface area contributed by atoms with E-state index in [0.717, 1.165) is 0 Å². The number of hydrogen-bond acceptors (Lipinski definition) is 4. The van der Waals surface area contributed by atoms with Gasteiger partial charge in [-0.05, 0) is 42.7 Å². The molecule has 0 spiro atoms. The first kappa shape index (κ1) is 20.5. The van der Waals surface area contributed by atoms with Crippen molar-refractivity contribution in [2.45, 2.75) is 32.9 Å². The number of amides is 1. The largest absolute Gasteiger partial charge is 0.459 e. The second-order valence-corrected chi connectivity index (χ2v) is 6.98. The number of ether oxygens (including phenoxy) is 1. The zero-order valence-electron chi connectivity index (χ0n) is 15.2. The minimum absolute atomic E-state index is 0.0199. The van der Waals surface area contributed by atoms with Crippen molar-refractivity contribution in [3.63, 3.8) is 0 Å². The van der Waals surface area contributed by atoms with E-state index in [4.69, 9.17) is 21.6 Å². The molecule has 0 heterocycles. The number of rotatable bonds is 7. The molecule has 0 radical (unpaired) electrons. The van der Waals surface area contributed by atoms with Crippen LogP contribution in [0.4, 0.5) is 0 Å². The molecule has 1 atom stereocenters. The number of carbonyl (C=O) groups excluding carboxylic acids is 2. The van der Waals surface area contributed by atoms with Gasteiger partial charge in [0.05, 0.1) is 11.6 Å². The van der Waals surface area contributed by atoms with E-state index in [1.54, 1.807) is 48.5 Å². The third-order valence-corrected chi connectivity index (χ3v) is 4.16. The van der Waals surface area contributed by atoms with Crippen LogP contribution in [-0.2, 0) is 16.1 Å². The van der Waals surface area contributed by atoms with E-state index >= 15 is 0 Å². The molecular formula is C21H21ClN2O3. The first-order valence-corrected chi connectivity index (χ1v) is 8.99. The molecule has 0 unspecified atom stereocenters. The first-order chi connectivity index (χ1) is 12.9. The lowest BCUT2D eigenvalue weighted by Crippen LogP contribution is -2.42. The summed E-state index contributed by atoms with van der Waals surface area (Å²) in [6, 6.07) is 14.6. The average molecular weight is 385 g/mol. The van der Waals surface area contributed by atoms with Crippen LogP contribution in [0, 0.1) is 17.2 Å². The SMILES string of the molecule is CC(C)C[C@@H](NC(=O)c1ccc(Cl)cc1)C(=O)OCc1ccccc1C#N. The molecule has 27 heavy (non-hydrogen) atoms. The molecule has 2 rings (SSSR count). The van der Waals surface area contributed by atoms with Crippen molar-refractivity contribution in [2.24, 2.45) is 5.92 Å². The van der Waals surface area contributed by atoms with Gasteiger partial charge in [0.25, 0.3) is 5.91 Å². The average Bonchev–Trinajstić information content (AvgIpc) is 2.65. The van der Waals surface area contributed by atoms with Crippen molar-refractivity contribution in [3.05, 3.63) is 70.2 Å². The van der Waals surface area contributed by atoms with Gasteiger partial charge in [0, 0.05) is 16.1 Å². The summed E-state index contributed by atoms with van der Waals surface area (Å²) in [5.41, 5.74) is 1.49. The van der Waals surface area contributed by atoms with Gasteiger partial charge in [-0.1, -0.05) is 43.6 Å². The van der Waals surface area contributed by atoms with Gasteiger partial charge in [-0.15, -0.1) is 0 Å². The van der Waals surface area contributed by atoms with E-state index in [0.29, 0.717) is 28.1 Å². The van der Waals surface area contributed by atoms with Gasteiger partial charge >= 0.3 is 5.97 Å². The van der Waals surface area contributed by atoms with Gasteiger partial charge in [-0.25, -0.2) is 4.79 Å². The first-order valence-electron chi connectivity index (χ1n) is 8.61. The fourth-order valence-corrected chi connectivity index (χ4v) is 2.66. The normalized spacial score (nSPS) is 11.5. The molecule has 2 aromatic carbocycles. The maximum absolute atomic E-state index is 12.5. The molecule has 1 amide bonds. The minimum Gasteiger partial charge on any atom is -0.459 e. The maximum atomic E-state index is 12.5. The summed E-state index contributed by atoms with van der Waals surface area (Å²) >= 11 is 5.84. The van der Waals surface area contributed by atoms with Crippen molar-refractivity contribution >= 4 is 23.5 Å². The molecule has 0 saturated heterocycles. The molecule has 0 fully saturated rings. The van der Waals surface area contributed by atoms with Crippen LogP contribution in [0.2, 0.25) is 5.02 Å². The van der Waals surface area contributed by atoms with Crippen molar-refractivity contribution in [2.75, 3.05) is 0 Å². The second-order valence-electron chi connectivity index (χ2n) is 6.54. The molecule has 140 valence electrons. The third kappa shape index (κ3) is 6.12. The number of esters is 1. The Morgan fingerprint density at radius 2 is 1.81 bits per heavy atom. The van der Waals surface area contributed by atoms with Crippen LogP contribution in [0.3, 0.4) is 0 Å². The van der Waals surface area contributed by atoms with E-state index in [2.05, 4.69) is 11.4 Å². The molecule has 0 bridgehead atoms. The zero-order chi connectivity index (χ0) is 19.8. The van der Waals surface area contributed by atoms with Crippen LogP contribution in [-0.4, -0.2) is 17.9 Å². The number of nitriles is 1. The van der Waals surface area contributed by atoms with Gasteiger partial charge in [0.2, 0.25) is 0 Å². The van der Waals surface area contributed by atoms with Crippen molar-refractivity contribution in [3.8, 4) is 6.07 Å². The van der Waals surface area contributed by atoms with Gasteiger partial charge < -0.3 is 10.1 Å². The van der Waals surface area contributed by atoms with Crippen LogP contribution in [0.5, 0.6) is 0 Å². The molecule has 0 saturated carbocycles. The van der Waals surface area contributed by atoms with E-state index in [1.165, 1.54) is 0 Å². The predicted octanol–water partition coefficient (Wildman–Crippen LogP) is 4.10. The maximum Gasteiger partial charge on any atom is 0.328 e. The highest BCUT2D eigenvalue weighted by atomic mass is 35.5. The quantitative estimate of drug-likeness (QED) is 0.729. The smallest absolute Gasteiger partial charge is 0.328 e.